The predicted octanol–water partition coefficient (Wildman–Crippen LogP) is 7.71. The molecule has 41 heavy (non-hydrogen) atoms. The van der Waals surface area contributed by atoms with Crippen LogP contribution in [0, 0.1) is 0 Å². The Labute approximate surface area is 243 Å². The van der Waals surface area contributed by atoms with E-state index < -0.39 is 17.7 Å². The molecule has 216 valence electrons. The van der Waals surface area contributed by atoms with Crippen LogP contribution < -0.4 is 14.4 Å². The number of ketones is 1. The van der Waals surface area contributed by atoms with Gasteiger partial charge in [-0.25, -0.2) is 0 Å². The maximum absolute atomic E-state index is 13.7. The summed E-state index contributed by atoms with van der Waals surface area (Å²) in [6.45, 7) is 17.3. The van der Waals surface area contributed by atoms with Crippen molar-refractivity contribution >= 4 is 23.1 Å². The Kier molecular flexibility index (Phi) is 8.34. The van der Waals surface area contributed by atoms with Crippen molar-refractivity contribution in [2.24, 2.45) is 0 Å². The van der Waals surface area contributed by atoms with Crippen LogP contribution in [0.4, 0.5) is 5.69 Å². The van der Waals surface area contributed by atoms with E-state index >= 15 is 0 Å². The second-order valence-electron chi connectivity index (χ2n) is 12.4. The van der Waals surface area contributed by atoms with Crippen molar-refractivity contribution in [2.45, 2.75) is 72.3 Å². The Morgan fingerprint density at radius 3 is 1.83 bits per heavy atom. The minimum Gasteiger partial charge on any atom is -0.507 e. The first-order valence-corrected chi connectivity index (χ1v) is 14.2. The number of carbonyl (C=O) groups excluding carboxylic acids is 2. The molecule has 1 amide bonds. The van der Waals surface area contributed by atoms with Gasteiger partial charge in [-0.1, -0.05) is 77.9 Å². The minimum absolute atomic E-state index is 0.0171. The molecule has 1 saturated heterocycles. The van der Waals surface area contributed by atoms with Gasteiger partial charge in [-0.3, -0.25) is 14.5 Å². The van der Waals surface area contributed by atoms with Gasteiger partial charge in [0.25, 0.3) is 11.7 Å². The molecule has 3 aromatic rings. The molecule has 1 N–H and O–H groups in total. The second-order valence-corrected chi connectivity index (χ2v) is 12.4. The SMILES string of the molecule is CCOc1ccc(/C(O)=C2/C(=O)C(=O)N(c3ccc(C(C)(C)C)cc3)C2c2ccc(C(C)(C)C)cc2)c(OCC)c1. The molecular weight excluding hydrogens is 514 g/mol. The molecule has 6 nitrogen and oxygen atoms in total. The molecule has 0 aliphatic carbocycles. The van der Waals surface area contributed by atoms with E-state index in [1.807, 2.05) is 62.4 Å². The fraction of sp³-hybridized carbons (Fsp3) is 0.371. The fourth-order valence-electron chi connectivity index (χ4n) is 5.08. The van der Waals surface area contributed by atoms with Crippen LogP contribution in [0.2, 0.25) is 0 Å². The lowest BCUT2D eigenvalue weighted by atomic mass is 9.85. The van der Waals surface area contributed by atoms with Crippen molar-refractivity contribution < 1.29 is 24.2 Å². The van der Waals surface area contributed by atoms with Crippen LogP contribution in [0.5, 0.6) is 11.5 Å². The zero-order chi connectivity index (χ0) is 30.1. The molecule has 1 heterocycles. The van der Waals surface area contributed by atoms with Gasteiger partial charge in [0.05, 0.1) is 30.4 Å². The Hall–Kier alpha value is -4.06. The van der Waals surface area contributed by atoms with Crippen LogP contribution in [-0.2, 0) is 20.4 Å². The smallest absolute Gasteiger partial charge is 0.300 e. The molecule has 0 bridgehead atoms. The number of hydrogen-bond donors (Lipinski definition) is 1. The van der Waals surface area contributed by atoms with Gasteiger partial charge in [-0.05, 0) is 65.6 Å². The number of rotatable bonds is 7. The molecule has 1 fully saturated rings. The number of aliphatic hydroxyl groups is 1. The van der Waals surface area contributed by atoms with E-state index in [9.17, 15) is 14.7 Å². The maximum atomic E-state index is 13.7. The number of nitrogens with zero attached hydrogens (tertiary/aromatic N) is 1. The first-order valence-electron chi connectivity index (χ1n) is 14.2. The second kappa shape index (κ2) is 11.4. The van der Waals surface area contributed by atoms with Crippen LogP contribution in [-0.4, -0.2) is 30.0 Å². The number of carbonyl (C=O) groups is 2. The third-order valence-corrected chi connectivity index (χ3v) is 7.37. The third-order valence-electron chi connectivity index (χ3n) is 7.37. The zero-order valence-electron chi connectivity index (χ0n) is 25.4. The normalized spacial score (nSPS) is 17.2. The standard InChI is InChI=1S/C35H41NO5/c1-9-40-26-19-20-27(28(21-26)41-10-2)31(37)29-30(22-11-13-23(14-12-22)34(3,4)5)36(33(39)32(29)38)25-17-15-24(16-18-25)35(6,7)8/h11-21,30,37H,9-10H2,1-8H3/b31-29-. The van der Waals surface area contributed by atoms with Crippen molar-refractivity contribution in [2.75, 3.05) is 18.1 Å². The molecule has 6 heteroatoms. The molecule has 1 aliphatic rings. The molecule has 1 aliphatic heterocycles. The highest BCUT2D eigenvalue weighted by atomic mass is 16.5. The van der Waals surface area contributed by atoms with E-state index in [0.717, 1.165) is 16.7 Å². The van der Waals surface area contributed by atoms with E-state index in [1.165, 1.54) is 4.90 Å². The van der Waals surface area contributed by atoms with Gasteiger partial charge in [0.2, 0.25) is 0 Å². The van der Waals surface area contributed by atoms with E-state index in [-0.39, 0.29) is 22.2 Å². The summed E-state index contributed by atoms with van der Waals surface area (Å²) in [4.78, 5) is 28.9. The van der Waals surface area contributed by atoms with E-state index in [0.29, 0.717) is 36.0 Å². The quantitative estimate of drug-likeness (QED) is 0.184. The van der Waals surface area contributed by atoms with Gasteiger partial charge in [0.1, 0.15) is 17.3 Å². The molecule has 0 radical (unpaired) electrons. The van der Waals surface area contributed by atoms with Crippen LogP contribution in [0.3, 0.4) is 0 Å². The van der Waals surface area contributed by atoms with E-state index in [1.54, 1.807) is 18.2 Å². The molecule has 1 atom stereocenters. The van der Waals surface area contributed by atoms with Crippen molar-refractivity contribution in [1.29, 1.82) is 0 Å². The van der Waals surface area contributed by atoms with Gasteiger partial charge < -0.3 is 14.6 Å². The summed E-state index contributed by atoms with van der Waals surface area (Å²) in [5, 5.41) is 11.7. The van der Waals surface area contributed by atoms with E-state index in [2.05, 4.69) is 41.5 Å². The molecule has 0 spiro atoms. The van der Waals surface area contributed by atoms with Gasteiger partial charge in [-0.2, -0.15) is 0 Å². The Bertz CT molecular complexity index is 1450. The summed E-state index contributed by atoms with van der Waals surface area (Å²) < 4.78 is 11.5. The third kappa shape index (κ3) is 6.02. The molecule has 0 aromatic heterocycles. The summed E-state index contributed by atoms with van der Waals surface area (Å²) in [7, 11) is 0. The van der Waals surface area contributed by atoms with Gasteiger partial charge in [0.15, 0.2) is 0 Å². The monoisotopic (exact) mass is 555 g/mol. The first kappa shape index (κ1) is 29.9. The highest BCUT2D eigenvalue weighted by molar-refractivity contribution is 6.51. The number of benzene rings is 3. The average molecular weight is 556 g/mol. The van der Waals surface area contributed by atoms with Crippen molar-refractivity contribution in [3.63, 3.8) is 0 Å². The summed E-state index contributed by atoms with van der Waals surface area (Å²) in [5.74, 6) is -0.763. The first-order chi connectivity index (χ1) is 19.3. The lowest BCUT2D eigenvalue weighted by Gasteiger charge is -2.27. The number of amides is 1. The number of ether oxygens (including phenoxy) is 2. The van der Waals surface area contributed by atoms with Gasteiger partial charge in [-0.15, -0.1) is 0 Å². The molecule has 0 saturated carbocycles. The number of aliphatic hydroxyl groups excluding tert-OH is 1. The summed E-state index contributed by atoms with van der Waals surface area (Å²) in [6, 6.07) is 19.8. The highest BCUT2D eigenvalue weighted by Crippen LogP contribution is 2.44. The molecule has 3 aromatic carbocycles. The Morgan fingerprint density at radius 1 is 0.780 bits per heavy atom. The van der Waals surface area contributed by atoms with Crippen LogP contribution in [0.1, 0.15) is 83.7 Å². The summed E-state index contributed by atoms with van der Waals surface area (Å²) in [5.41, 5.74) is 3.74. The Morgan fingerprint density at radius 2 is 1.32 bits per heavy atom. The molecule has 1 unspecified atom stereocenters. The van der Waals surface area contributed by atoms with Crippen LogP contribution in [0.15, 0.2) is 72.3 Å². The van der Waals surface area contributed by atoms with Crippen molar-refractivity contribution in [3.8, 4) is 11.5 Å². The predicted molar refractivity (Wildman–Crippen MR) is 164 cm³/mol. The molecular formula is C35H41NO5. The lowest BCUT2D eigenvalue weighted by Crippen LogP contribution is -2.29. The van der Waals surface area contributed by atoms with Crippen LogP contribution in [0.25, 0.3) is 5.76 Å². The van der Waals surface area contributed by atoms with Crippen molar-refractivity contribution in [1.82, 2.24) is 0 Å². The van der Waals surface area contributed by atoms with Gasteiger partial charge >= 0.3 is 0 Å². The van der Waals surface area contributed by atoms with Crippen molar-refractivity contribution in [3.05, 3.63) is 94.6 Å². The molecule has 4 rings (SSSR count). The summed E-state index contributed by atoms with van der Waals surface area (Å²) >= 11 is 0. The highest BCUT2D eigenvalue weighted by Gasteiger charge is 2.47. The Balaban J connectivity index is 1.93. The number of Topliss-reactive ketones (excluding diaryl/α,β-unsaturated/α-hetero) is 1. The largest absolute Gasteiger partial charge is 0.507 e. The average Bonchev–Trinajstić information content (AvgIpc) is 3.18. The zero-order valence-corrected chi connectivity index (χ0v) is 25.4. The maximum Gasteiger partial charge on any atom is 0.300 e. The number of anilines is 1. The van der Waals surface area contributed by atoms with Gasteiger partial charge in [0, 0.05) is 11.8 Å². The minimum atomic E-state index is -0.828. The fourth-order valence-corrected chi connectivity index (χ4v) is 5.08. The van der Waals surface area contributed by atoms with Crippen LogP contribution >= 0.6 is 0 Å². The lowest BCUT2D eigenvalue weighted by molar-refractivity contribution is -0.132. The summed E-state index contributed by atoms with van der Waals surface area (Å²) in [6.07, 6.45) is 0. The van der Waals surface area contributed by atoms with E-state index in [4.69, 9.17) is 9.47 Å². The topological polar surface area (TPSA) is 76.1 Å². The number of hydrogen-bond acceptors (Lipinski definition) is 5.